The fourth-order valence-electron chi connectivity index (χ4n) is 2.84. The summed E-state index contributed by atoms with van der Waals surface area (Å²) in [4.78, 5) is 9.01. The molecule has 0 aliphatic heterocycles. The van der Waals surface area contributed by atoms with E-state index in [1.165, 1.54) is 6.07 Å². The molecule has 0 fully saturated rings. The molecule has 4 nitrogen and oxygen atoms in total. The topological polar surface area (TPSA) is 43.6 Å². The van der Waals surface area contributed by atoms with Gasteiger partial charge in [0.2, 0.25) is 0 Å². The van der Waals surface area contributed by atoms with Crippen molar-refractivity contribution >= 4 is 10.9 Å². The summed E-state index contributed by atoms with van der Waals surface area (Å²) in [5.41, 5.74) is 4.22. The van der Waals surface area contributed by atoms with Gasteiger partial charge in [-0.1, -0.05) is 36.4 Å². The Hall–Kier alpha value is -3.08. The number of aromatic nitrogens is 4. The number of rotatable bonds is 3. The van der Waals surface area contributed by atoms with Crippen LogP contribution < -0.4 is 0 Å². The van der Waals surface area contributed by atoms with Crippen molar-refractivity contribution in [1.82, 2.24) is 19.7 Å². The van der Waals surface area contributed by atoms with Crippen molar-refractivity contribution in [3.05, 3.63) is 77.4 Å². The summed E-state index contributed by atoms with van der Waals surface area (Å²) in [6.45, 7) is 4.30. The minimum Gasteiger partial charge on any atom is -0.260 e. The van der Waals surface area contributed by atoms with Gasteiger partial charge in [-0.05, 0) is 31.5 Å². The second kappa shape index (κ2) is 6.09. The SMILES string of the molecule is Cc1cnc(-c2nn(Cc3ccccc3F)c3ccccc23)nc1C. The van der Waals surface area contributed by atoms with Crippen LogP contribution in [-0.2, 0) is 6.54 Å². The van der Waals surface area contributed by atoms with Crippen LogP contribution in [0, 0.1) is 19.7 Å². The summed E-state index contributed by atoms with van der Waals surface area (Å²) in [5.74, 6) is 0.359. The smallest absolute Gasteiger partial charge is 0.180 e. The molecule has 0 bridgehead atoms. The predicted molar refractivity (Wildman–Crippen MR) is 95.7 cm³/mol. The Morgan fingerprint density at radius 3 is 2.56 bits per heavy atom. The van der Waals surface area contributed by atoms with Crippen LogP contribution in [-0.4, -0.2) is 19.7 Å². The molecule has 0 saturated heterocycles. The quantitative estimate of drug-likeness (QED) is 0.562. The fourth-order valence-corrected chi connectivity index (χ4v) is 2.84. The third-order valence-electron chi connectivity index (χ3n) is 4.37. The van der Waals surface area contributed by atoms with E-state index in [1.807, 2.05) is 55.1 Å². The van der Waals surface area contributed by atoms with E-state index in [-0.39, 0.29) is 5.82 Å². The van der Waals surface area contributed by atoms with Gasteiger partial charge in [0.05, 0.1) is 12.1 Å². The van der Waals surface area contributed by atoms with Crippen LogP contribution in [0.3, 0.4) is 0 Å². The van der Waals surface area contributed by atoms with Crippen molar-refractivity contribution in [3.63, 3.8) is 0 Å². The number of halogens is 1. The van der Waals surface area contributed by atoms with Gasteiger partial charge in [-0.15, -0.1) is 0 Å². The third-order valence-corrected chi connectivity index (χ3v) is 4.37. The van der Waals surface area contributed by atoms with Crippen LogP contribution >= 0.6 is 0 Å². The summed E-state index contributed by atoms with van der Waals surface area (Å²) in [6, 6.07) is 14.6. The summed E-state index contributed by atoms with van der Waals surface area (Å²) in [5, 5.41) is 5.65. The molecule has 124 valence electrons. The van der Waals surface area contributed by atoms with Crippen molar-refractivity contribution in [1.29, 1.82) is 0 Å². The lowest BCUT2D eigenvalue weighted by atomic mass is 10.2. The van der Waals surface area contributed by atoms with E-state index in [2.05, 4.69) is 9.97 Å². The number of benzene rings is 2. The van der Waals surface area contributed by atoms with Crippen LogP contribution in [0.15, 0.2) is 54.7 Å². The maximum atomic E-state index is 14.0. The Labute approximate surface area is 145 Å². The fraction of sp³-hybridized carbons (Fsp3) is 0.150. The molecular weight excluding hydrogens is 315 g/mol. The summed E-state index contributed by atoms with van der Waals surface area (Å²) in [7, 11) is 0. The Kier molecular flexibility index (Phi) is 3.76. The van der Waals surface area contributed by atoms with Crippen molar-refractivity contribution in [3.8, 4) is 11.5 Å². The molecule has 0 atom stereocenters. The highest BCUT2D eigenvalue weighted by molar-refractivity contribution is 5.91. The molecule has 5 heteroatoms. The number of hydrogen-bond donors (Lipinski definition) is 0. The maximum absolute atomic E-state index is 14.0. The van der Waals surface area contributed by atoms with Gasteiger partial charge in [0.25, 0.3) is 0 Å². The summed E-state index contributed by atoms with van der Waals surface area (Å²) >= 11 is 0. The van der Waals surface area contributed by atoms with Crippen molar-refractivity contribution in [2.75, 3.05) is 0 Å². The molecule has 4 rings (SSSR count). The van der Waals surface area contributed by atoms with Crippen LogP contribution in [0.1, 0.15) is 16.8 Å². The minimum atomic E-state index is -0.230. The van der Waals surface area contributed by atoms with Crippen molar-refractivity contribution in [2.24, 2.45) is 0 Å². The first kappa shape index (κ1) is 15.4. The van der Waals surface area contributed by atoms with Crippen LogP contribution in [0.2, 0.25) is 0 Å². The molecule has 2 heterocycles. The summed E-state index contributed by atoms with van der Waals surface area (Å²) < 4.78 is 15.8. The van der Waals surface area contributed by atoms with Gasteiger partial charge in [-0.2, -0.15) is 5.10 Å². The van der Waals surface area contributed by atoms with E-state index in [9.17, 15) is 4.39 Å². The molecule has 0 radical (unpaired) electrons. The Morgan fingerprint density at radius 1 is 1.00 bits per heavy atom. The Balaban J connectivity index is 1.87. The molecular formula is C20H17FN4. The largest absolute Gasteiger partial charge is 0.260 e. The average molecular weight is 332 g/mol. The maximum Gasteiger partial charge on any atom is 0.180 e. The van der Waals surface area contributed by atoms with E-state index in [0.29, 0.717) is 17.9 Å². The second-order valence-electron chi connectivity index (χ2n) is 6.08. The van der Waals surface area contributed by atoms with Gasteiger partial charge < -0.3 is 0 Å². The zero-order chi connectivity index (χ0) is 17.4. The zero-order valence-corrected chi connectivity index (χ0v) is 14.1. The molecule has 2 aromatic heterocycles. The summed E-state index contributed by atoms with van der Waals surface area (Å²) in [6.07, 6.45) is 1.81. The number of hydrogen-bond acceptors (Lipinski definition) is 3. The monoisotopic (exact) mass is 332 g/mol. The van der Waals surface area contributed by atoms with Gasteiger partial charge in [0.15, 0.2) is 5.82 Å². The molecule has 0 unspecified atom stereocenters. The Morgan fingerprint density at radius 2 is 1.76 bits per heavy atom. The van der Waals surface area contributed by atoms with Crippen LogP contribution in [0.4, 0.5) is 4.39 Å². The molecule has 0 saturated carbocycles. The first-order valence-electron chi connectivity index (χ1n) is 8.13. The second-order valence-corrected chi connectivity index (χ2v) is 6.08. The molecule has 25 heavy (non-hydrogen) atoms. The number of nitrogens with zero attached hydrogens (tertiary/aromatic N) is 4. The minimum absolute atomic E-state index is 0.230. The van der Waals surface area contributed by atoms with Gasteiger partial charge in [0.1, 0.15) is 11.5 Å². The molecule has 0 N–H and O–H groups in total. The lowest BCUT2D eigenvalue weighted by molar-refractivity contribution is 0.590. The third kappa shape index (κ3) is 2.78. The molecule has 2 aromatic carbocycles. The Bertz CT molecular complexity index is 1070. The number of aryl methyl sites for hydroxylation is 2. The first-order valence-corrected chi connectivity index (χ1v) is 8.13. The lowest BCUT2D eigenvalue weighted by Gasteiger charge is -2.05. The normalized spacial score (nSPS) is 11.2. The molecule has 4 aromatic rings. The highest BCUT2D eigenvalue weighted by atomic mass is 19.1. The highest BCUT2D eigenvalue weighted by Gasteiger charge is 2.15. The van der Waals surface area contributed by atoms with Gasteiger partial charge in [0, 0.05) is 22.8 Å². The van der Waals surface area contributed by atoms with E-state index >= 15 is 0 Å². The van der Waals surface area contributed by atoms with E-state index in [1.54, 1.807) is 12.1 Å². The molecule has 0 aliphatic rings. The van der Waals surface area contributed by atoms with E-state index in [0.717, 1.165) is 27.9 Å². The lowest BCUT2D eigenvalue weighted by Crippen LogP contribution is -2.04. The predicted octanol–water partition coefficient (Wildman–Crippen LogP) is 4.30. The molecule has 0 spiro atoms. The number of fused-ring (bicyclic) bond motifs is 1. The standard InChI is InChI=1S/C20H17FN4/c1-13-11-22-20(23-14(13)2)19-16-8-4-6-10-18(16)25(24-19)12-15-7-3-5-9-17(15)21/h3-11H,12H2,1-2H3. The van der Waals surface area contributed by atoms with Crippen LogP contribution in [0.5, 0.6) is 0 Å². The average Bonchev–Trinajstić information content (AvgIpc) is 2.98. The van der Waals surface area contributed by atoms with Crippen LogP contribution in [0.25, 0.3) is 22.4 Å². The van der Waals surface area contributed by atoms with E-state index < -0.39 is 0 Å². The van der Waals surface area contributed by atoms with Gasteiger partial charge >= 0.3 is 0 Å². The van der Waals surface area contributed by atoms with Crippen molar-refractivity contribution < 1.29 is 4.39 Å². The van der Waals surface area contributed by atoms with E-state index in [4.69, 9.17) is 5.10 Å². The number of para-hydroxylation sites is 1. The first-order chi connectivity index (χ1) is 12.1. The molecule has 0 amide bonds. The van der Waals surface area contributed by atoms with Gasteiger partial charge in [-0.3, -0.25) is 4.68 Å². The van der Waals surface area contributed by atoms with Gasteiger partial charge in [-0.25, -0.2) is 14.4 Å². The highest BCUT2D eigenvalue weighted by Crippen LogP contribution is 2.26. The molecule has 0 aliphatic carbocycles. The zero-order valence-electron chi connectivity index (χ0n) is 14.1. The van der Waals surface area contributed by atoms with Crippen molar-refractivity contribution in [2.45, 2.75) is 20.4 Å².